The highest BCUT2D eigenvalue weighted by atomic mass is 15.2. The van der Waals surface area contributed by atoms with Gasteiger partial charge in [0.2, 0.25) is 0 Å². The van der Waals surface area contributed by atoms with Gasteiger partial charge >= 0.3 is 0 Å². The highest BCUT2D eigenvalue weighted by molar-refractivity contribution is 5.10. The van der Waals surface area contributed by atoms with Gasteiger partial charge in [0.1, 0.15) is 0 Å². The molecule has 0 unspecified atom stereocenters. The molecule has 0 radical (unpaired) electrons. The number of hydrogen-bond donors (Lipinski definition) is 1. The Hall–Kier alpha value is -0.0800. The van der Waals surface area contributed by atoms with Crippen molar-refractivity contribution in [2.24, 2.45) is 11.8 Å². The summed E-state index contributed by atoms with van der Waals surface area (Å²) in [7, 11) is 0. The molecule has 0 aromatic rings. The average molecular weight is 152 g/mol. The van der Waals surface area contributed by atoms with E-state index in [1.807, 2.05) is 0 Å². The van der Waals surface area contributed by atoms with Gasteiger partial charge in [-0.2, -0.15) is 0 Å². The Morgan fingerprint density at radius 1 is 1.00 bits per heavy atom. The van der Waals surface area contributed by atoms with Crippen LogP contribution in [0.3, 0.4) is 0 Å². The van der Waals surface area contributed by atoms with Crippen LogP contribution in [0.4, 0.5) is 0 Å². The first-order valence-electron chi connectivity index (χ1n) is 4.91. The van der Waals surface area contributed by atoms with Crippen molar-refractivity contribution in [1.82, 2.24) is 10.2 Å². The molecule has 0 aromatic carbocycles. The van der Waals surface area contributed by atoms with Gasteiger partial charge in [-0.3, -0.25) is 4.90 Å². The zero-order chi connectivity index (χ0) is 7.26. The van der Waals surface area contributed by atoms with Gasteiger partial charge in [0.05, 0.1) is 0 Å². The lowest BCUT2D eigenvalue weighted by Crippen LogP contribution is -2.30. The number of rotatable bonds is 1. The van der Waals surface area contributed by atoms with E-state index in [9.17, 15) is 0 Å². The van der Waals surface area contributed by atoms with E-state index in [4.69, 9.17) is 0 Å². The summed E-state index contributed by atoms with van der Waals surface area (Å²) in [6.45, 7) is 5.37. The monoisotopic (exact) mass is 152 g/mol. The highest BCUT2D eigenvalue weighted by Gasteiger charge is 2.55. The summed E-state index contributed by atoms with van der Waals surface area (Å²) in [5.74, 6) is 2.07. The average Bonchev–Trinajstić information content (AvgIpc) is 2.57. The van der Waals surface area contributed by atoms with Crippen molar-refractivity contribution in [2.45, 2.75) is 18.9 Å². The zero-order valence-corrected chi connectivity index (χ0v) is 6.92. The van der Waals surface area contributed by atoms with Crippen LogP contribution < -0.4 is 5.32 Å². The van der Waals surface area contributed by atoms with Crippen LogP contribution in [0.1, 0.15) is 12.8 Å². The van der Waals surface area contributed by atoms with Gasteiger partial charge in [0, 0.05) is 6.04 Å². The number of hydrogen-bond acceptors (Lipinski definition) is 2. The largest absolute Gasteiger partial charge is 0.316 e. The Labute approximate surface area is 68.0 Å². The highest BCUT2D eigenvalue weighted by Crippen LogP contribution is 2.46. The number of piperidine rings is 1. The number of nitrogens with one attached hydrogen (secondary N) is 1. The molecule has 1 N–H and O–H groups in total. The maximum Gasteiger partial charge on any atom is 0.0183 e. The van der Waals surface area contributed by atoms with E-state index in [2.05, 4.69) is 10.2 Å². The summed E-state index contributed by atoms with van der Waals surface area (Å²) in [6, 6.07) is 0.999. The molecule has 3 fully saturated rings. The second-order valence-corrected chi connectivity index (χ2v) is 4.22. The van der Waals surface area contributed by atoms with Crippen molar-refractivity contribution < 1.29 is 0 Å². The van der Waals surface area contributed by atoms with E-state index < -0.39 is 0 Å². The normalized spacial score (nSPS) is 49.6. The van der Waals surface area contributed by atoms with E-state index in [0.29, 0.717) is 0 Å². The van der Waals surface area contributed by atoms with E-state index in [0.717, 1.165) is 17.9 Å². The van der Waals surface area contributed by atoms with Gasteiger partial charge in [0.15, 0.2) is 0 Å². The fourth-order valence-corrected chi connectivity index (χ4v) is 2.97. The van der Waals surface area contributed by atoms with E-state index >= 15 is 0 Å². The van der Waals surface area contributed by atoms with Gasteiger partial charge in [-0.25, -0.2) is 0 Å². The predicted molar refractivity (Wildman–Crippen MR) is 44.4 cm³/mol. The molecule has 2 nitrogen and oxygen atoms in total. The van der Waals surface area contributed by atoms with Crippen molar-refractivity contribution in [3.63, 3.8) is 0 Å². The molecule has 11 heavy (non-hydrogen) atoms. The Kier molecular flexibility index (Phi) is 1.29. The Morgan fingerprint density at radius 2 is 1.64 bits per heavy atom. The topological polar surface area (TPSA) is 15.3 Å². The van der Waals surface area contributed by atoms with Crippen LogP contribution in [0.25, 0.3) is 0 Å². The summed E-state index contributed by atoms with van der Waals surface area (Å²) in [4.78, 5) is 2.72. The van der Waals surface area contributed by atoms with Crippen molar-refractivity contribution >= 4 is 0 Å². The summed E-state index contributed by atoms with van der Waals surface area (Å²) in [5.41, 5.74) is 0. The molecule has 2 heteroatoms. The molecule has 2 aliphatic heterocycles. The third-order valence-corrected chi connectivity index (χ3v) is 3.61. The van der Waals surface area contributed by atoms with Crippen LogP contribution in [0.2, 0.25) is 0 Å². The molecule has 2 atom stereocenters. The summed E-state index contributed by atoms with van der Waals surface area (Å²) in [5, 5.41) is 3.45. The van der Waals surface area contributed by atoms with Crippen LogP contribution in [0.15, 0.2) is 0 Å². The minimum Gasteiger partial charge on any atom is -0.316 e. The first kappa shape index (κ1) is 6.44. The van der Waals surface area contributed by atoms with E-state index in [1.165, 1.54) is 39.0 Å². The van der Waals surface area contributed by atoms with Crippen molar-refractivity contribution in [3.8, 4) is 0 Å². The zero-order valence-electron chi connectivity index (χ0n) is 6.92. The summed E-state index contributed by atoms with van der Waals surface area (Å²) >= 11 is 0. The molecule has 62 valence electrons. The number of fused-ring (bicyclic) bond motifs is 1. The summed E-state index contributed by atoms with van der Waals surface area (Å²) < 4.78 is 0. The lowest BCUT2D eigenvalue weighted by molar-refractivity contribution is 0.292. The molecule has 0 amide bonds. The molecule has 0 spiro atoms. The van der Waals surface area contributed by atoms with Gasteiger partial charge in [0.25, 0.3) is 0 Å². The Morgan fingerprint density at radius 3 is 2.27 bits per heavy atom. The van der Waals surface area contributed by atoms with Gasteiger partial charge in [-0.05, 0) is 50.9 Å². The summed E-state index contributed by atoms with van der Waals surface area (Å²) in [6.07, 6.45) is 2.90. The Balaban J connectivity index is 1.65. The molecule has 3 aliphatic rings. The fraction of sp³-hybridized carbons (Fsp3) is 1.00. The third-order valence-electron chi connectivity index (χ3n) is 3.61. The lowest BCUT2D eigenvalue weighted by atomic mass is 10.4. The maximum atomic E-state index is 3.45. The van der Waals surface area contributed by atoms with Crippen LogP contribution in [0.5, 0.6) is 0 Å². The Bertz CT molecular complexity index is 153. The second kappa shape index (κ2) is 2.20. The van der Waals surface area contributed by atoms with Crippen molar-refractivity contribution in [2.75, 3.05) is 26.2 Å². The molecule has 1 aliphatic carbocycles. The van der Waals surface area contributed by atoms with Gasteiger partial charge in [-0.15, -0.1) is 0 Å². The SMILES string of the molecule is C1CCN(C2[C@H]3CNC[C@H]23)C1. The minimum absolute atomic E-state index is 0.999. The molecule has 0 bridgehead atoms. The van der Waals surface area contributed by atoms with E-state index in [-0.39, 0.29) is 0 Å². The molecule has 3 rings (SSSR count). The van der Waals surface area contributed by atoms with Gasteiger partial charge in [-0.1, -0.05) is 0 Å². The lowest BCUT2D eigenvalue weighted by Gasteiger charge is -2.16. The maximum absolute atomic E-state index is 3.45. The third kappa shape index (κ3) is 0.859. The van der Waals surface area contributed by atoms with Crippen molar-refractivity contribution in [3.05, 3.63) is 0 Å². The number of nitrogens with zero attached hydrogens (tertiary/aromatic N) is 1. The van der Waals surface area contributed by atoms with Gasteiger partial charge < -0.3 is 5.32 Å². The van der Waals surface area contributed by atoms with Crippen LogP contribution in [0, 0.1) is 11.8 Å². The molecule has 2 heterocycles. The molecular formula is C9H16N2. The van der Waals surface area contributed by atoms with Crippen LogP contribution >= 0.6 is 0 Å². The first-order chi connectivity index (χ1) is 5.47. The molecule has 2 saturated heterocycles. The number of likely N-dealkylation sites (tertiary alicyclic amines) is 1. The smallest absolute Gasteiger partial charge is 0.0183 e. The minimum atomic E-state index is 0.999. The van der Waals surface area contributed by atoms with Crippen LogP contribution in [-0.2, 0) is 0 Å². The molecule has 1 saturated carbocycles. The predicted octanol–water partition coefficient (Wildman–Crippen LogP) is 0.300. The first-order valence-corrected chi connectivity index (χ1v) is 4.91. The molecule has 0 aromatic heterocycles. The fourth-order valence-electron chi connectivity index (χ4n) is 2.97. The van der Waals surface area contributed by atoms with Crippen LogP contribution in [-0.4, -0.2) is 37.1 Å². The van der Waals surface area contributed by atoms with E-state index in [1.54, 1.807) is 0 Å². The standard InChI is InChI=1S/C9H16N2/c1-2-4-11(3-1)9-7-5-10-6-8(7)9/h7-10H,1-6H2/t7-,8-/m0/s1. The van der Waals surface area contributed by atoms with Crippen molar-refractivity contribution in [1.29, 1.82) is 0 Å². The second-order valence-electron chi connectivity index (χ2n) is 4.22. The molecular weight excluding hydrogens is 136 g/mol. The quantitative estimate of drug-likeness (QED) is 0.581.